The number of nitrogens with zero attached hydrogens (tertiary/aromatic N) is 3. The van der Waals surface area contributed by atoms with Gasteiger partial charge in [0.2, 0.25) is 0 Å². The summed E-state index contributed by atoms with van der Waals surface area (Å²) in [6.07, 6.45) is 5.99. The predicted molar refractivity (Wildman–Crippen MR) is 116 cm³/mol. The smallest absolute Gasteiger partial charge is 0.309 e. The Morgan fingerprint density at radius 2 is 1.89 bits per heavy atom. The fraction of sp³-hybridized carbons (Fsp3) is 0.450. The molecule has 3 aromatic rings. The van der Waals surface area contributed by atoms with Gasteiger partial charge in [-0.25, -0.2) is 9.78 Å². The van der Waals surface area contributed by atoms with Crippen molar-refractivity contribution in [1.82, 2.24) is 19.1 Å². The van der Waals surface area contributed by atoms with Crippen LogP contribution < -0.4 is 11.2 Å². The molecular weight excluding hydrogens is 396 g/mol. The summed E-state index contributed by atoms with van der Waals surface area (Å²) in [4.78, 5) is 31.5. The molecule has 2 aromatic heterocycles. The molecule has 0 radical (unpaired) electrons. The van der Waals surface area contributed by atoms with Gasteiger partial charge in [0, 0.05) is 17.8 Å². The maximum atomic E-state index is 12.5. The maximum absolute atomic E-state index is 12.5. The van der Waals surface area contributed by atoms with E-state index in [1.54, 1.807) is 18.8 Å². The fourth-order valence-electron chi connectivity index (χ4n) is 3.14. The number of imidazole rings is 1. The number of halogens is 1. The van der Waals surface area contributed by atoms with E-state index in [1.165, 1.54) is 30.3 Å². The maximum Gasteiger partial charge on any atom is 0.329 e. The molecule has 0 atom stereocenters. The molecule has 3 rings (SSSR count). The number of aromatic nitrogens is 4. The summed E-state index contributed by atoms with van der Waals surface area (Å²) in [5.41, 5.74) is 0.815. The summed E-state index contributed by atoms with van der Waals surface area (Å²) in [6, 6.07) is 7.56. The van der Waals surface area contributed by atoms with E-state index >= 15 is 0 Å². The molecule has 0 fully saturated rings. The van der Waals surface area contributed by atoms with Crippen LogP contribution in [-0.2, 0) is 13.6 Å². The number of aromatic amines is 1. The number of H-pyrrole nitrogens is 1. The molecule has 0 aliphatic rings. The summed E-state index contributed by atoms with van der Waals surface area (Å²) in [7, 11) is 1.62. The van der Waals surface area contributed by atoms with E-state index in [2.05, 4.69) is 16.9 Å². The molecule has 28 heavy (non-hydrogen) atoms. The summed E-state index contributed by atoms with van der Waals surface area (Å²) >= 11 is 7.95. The lowest BCUT2D eigenvalue weighted by Gasteiger charge is -2.10. The zero-order valence-electron chi connectivity index (χ0n) is 16.2. The normalized spacial score (nSPS) is 11.4. The molecule has 0 unspecified atom stereocenters. The second-order valence-corrected chi connectivity index (χ2v) is 8.29. The SMILES string of the molecule is CCCCCCCSc1nc2c(c(=O)[nH]c(=O)n2C)n1Cc1ccccc1Cl. The Hall–Kier alpha value is -1.99. The van der Waals surface area contributed by atoms with Crippen LogP contribution in [0.15, 0.2) is 39.0 Å². The molecule has 0 bridgehead atoms. The van der Waals surface area contributed by atoms with E-state index < -0.39 is 11.2 Å². The van der Waals surface area contributed by atoms with Crippen LogP contribution in [0.2, 0.25) is 5.02 Å². The molecule has 0 aliphatic heterocycles. The lowest BCUT2D eigenvalue weighted by molar-refractivity contribution is 0.658. The van der Waals surface area contributed by atoms with Gasteiger partial charge in [-0.1, -0.05) is 74.2 Å². The first-order chi connectivity index (χ1) is 13.5. The van der Waals surface area contributed by atoms with E-state index in [-0.39, 0.29) is 0 Å². The van der Waals surface area contributed by atoms with Crippen LogP contribution in [0.1, 0.15) is 44.6 Å². The van der Waals surface area contributed by atoms with Gasteiger partial charge in [-0.2, -0.15) is 0 Å². The number of benzene rings is 1. The zero-order valence-corrected chi connectivity index (χ0v) is 17.8. The number of hydrogen-bond donors (Lipinski definition) is 1. The molecule has 0 aliphatic carbocycles. The molecule has 2 heterocycles. The molecule has 8 heteroatoms. The number of thioether (sulfide) groups is 1. The largest absolute Gasteiger partial charge is 0.329 e. The van der Waals surface area contributed by atoms with Gasteiger partial charge in [0.15, 0.2) is 16.3 Å². The van der Waals surface area contributed by atoms with Crippen molar-refractivity contribution in [1.29, 1.82) is 0 Å². The van der Waals surface area contributed by atoms with Gasteiger partial charge in [-0.3, -0.25) is 14.3 Å². The quantitative estimate of drug-likeness (QED) is 0.416. The van der Waals surface area contributed by atoms with Crippen LogP contribution in [0, 0.1) is 0 Å². The van der Waals surface area contributed by atoms with Gasteiger partial charge in [-0.15, -0.1) is 0 Å². The number of nitrogens with one attached hydrogen (secondary N) is 1. The van der Waals surface area contributed by atoms with Crippen molar-refractivity contribution in [2.24, 2.45) is 7.05 Å². The number of fused-ring (bicyclic) bond motifs is 1. The third kappa shape index (κ3) is 4.52. The standard InChI is InChI=1S/C20H25ClN4O2S/c1-3-4-5-6-9-12-28-20-22-17-16(18(26)23-19(27)24(17)2)25(20)13-14-10-7-8-11-15(14)21/h7-8,10-11H,3-6,9,12-13H2,1-2H3,(H,23,26,27). The van der Waals surface area contributed by atoms with Crippen molar-refractivity contribution in [3.05, 3.63) is 55.7 Å². The second-order valence-electron chi connectivity index (χ2n) is 6.83. The van der Waals surface area contributed by atoms with Gasteiger partial charge in [0.05, 0.1) is 6.54 Å². The minimum absolute atomic E-state index is 0.397. The summed E-state index contributed by atoms with van der Waals surface area (Å²) < 4.78 is 3.25. The number of aryl methyl sites for hydroxylation is 1. The van der Waals surface area contributed by atoms with E-state index in [1.807, 2.05) is 28.8 Å². The minimum atomic E-state index is -0.462. The van der Waals surface area contributed by atoms with Crippen molar-refractivity contribution in [3.8, 4) is 0 Å². The number of hydrogen-bond acceptors (Lipinski definition) is 4. The molecule has 0 saturated heterocycles. The van der Waals surface area contributed by atoms with E-state index in [0.717, 1.165) is 22.9 Å². The van der Waals surface area contributed by atoms with Crippen LogP contribution in [0.25, 0.3) is 11.2 Å². The number of rotatable bonds is 9. The van der Waals surface area contributed by atoms with Crippen LogP contribution in [0.4, 0.5) is 0 Å². The number of unbranched alkanes of at least 4 members (excludes halogenated alkanes) is 4. The molecule has 0 spiro atoms. The minimum Gasteiger partial charge on any atom is -0.309 e. The Labute approximate surface area is 172 Å². The highest BCUT2D eigenvalue weighted by Crippen LogP contribution is 2.26. The van der Waals surface area contributed by atoms with Crippen molar-refractivity contribution < 1.29 is 0 Å². The lowest BCUT2D eigenvalue weighted by Crippen LogP contribution is -2.29. The highest BCUT2D eigenvalue weighted by atomic mass is 35.5. The van der Waals surface area contributed by atoms with Crippen molar-refractivity contribution >= 4 is 34.5 Å². The molecule has 1 aromatic carbocycles. The third-order valence-corrected chi connectivity index (χ3v) is 6.17. The summed E-state index contributed by atoms with van der Waals surface area (Å²) in [5, 5.41) is 1.37. The summed E-state index contributed by atoms with van der Waals surface area (Å²) in [5.74, 6) is 0.918. The molecule has 6 nitrogen and oxygen atoms in total. The molecule has 150 valence electrons. The predicted octanol–water partition coefficient (Wildman–Crippen LogP) is 4.19. The Kier molecular flexibility index (Phi) is 7.02. The highest BCUT2D eigenvalue weighted by Gasteiger charge is 2.18. The van der Waals surface area contributed by atoms with Gasteiger partial charge in [0.1, 0.15) is 0 Å². The van der Waals surface area contributed by atoms with Gasteiger partial charge >= 0.3 is 5.69 Å². The second kappa shape index (κ2) is 9.47. The van der Waals surface area contributed by atoms with Crippen molar-refractivity contribution in [2.45, 2.75) is 50.7 Å². The van der Waals surface area contributed by atoms with Gasteiger partial charge in [0.25, 0.3) is 5.56 Å². The topological polar surface area (TPSA) is 72.7 Å². The zero-order chi connectivity index (χ0) is 20.1. The monoisotopic (exact) mass is 420 g/mol. The Bertz CT molecular complexity index is 1070. The Morgan fingerprint density at radius 3 is 2.64 bits per heavy atom. The highest BCUT2D eigenvalue weighted by molar-refractivity contribution is 7.99. The van der Waals surface area contributed by atoms with Crippen molar-refractivity contribution in [3.63, 3.8) is 0 Å². The molecule has 0 amide bonds. The van der Waals surface area contributed by atoms with Crippen LogP contribution in [-0.4, -0.2) is 24.9 Å². The molecule has 1 N–H and O–H groups in total. The average molecular weight is 421 g/mol. The van der Waals surface area contributed by atoms with Crippen LogP contribution in [0.3, 0.4) is 0 Å². The first-order valence-electron chi connectivity index (χ1n) is 9.58. The fourth-order valence-corrected chi connectivity index (χ4v) is 4.33. The van der Waals surface area contributed by atoms with E-state index in [9.17, 15) is 9.59 Å². The summed E-state index contributed by atoms with van der Waals surface area (Å²) in [6.45, 7) is 2.63. The molecular formula is C20H25ClN4O2S. The van der Waals surface area contributed by atoms with E-state index in [0.29, 0.717) is 22.7 Å². The van der Waals surface area contributed by atoms with Gasteiger partial charge in [-0.05, 0) is 18.1 Å². The van der Waals surface area contributed by atoms with Crippen molar-refractivity contribution in [2.75, 3.05) is 5.75 Å². The first-order valence-corrected chi connectivity index (χ1v) is 10.9. The Morgan fingerprint density at radius 1 is 1.14 bits per heavy atom. The van der Waals surface area contributed by atoms with Crippen LogP contribution in [0.5, 0.6) is 0 Å². The van der Waals surface area contributed by atoms with Gasteiger partial charge < -0.3 is 4.57 Å². The third-order valence-electron chi connectivity index (χ3n) is 4.74. The van der Waals surface area contributed by atoms with E-state index in [4.69, 9.17) is 11.6 Å². The van der Waals surface area contributed by atoms with Crippen LogP contribution >= 0.6 is 23.4 Å². The lowest BCUT2D eigenvalue weighted by atomic mass is 10.2. The Balaban J connectivity index is 1.95. The molecule has 0 saturated carbocycles. The first kappa shape index (κ1) is 20.7. The average Bonchev–Trinajstić information content (AvgIpc) is 3.03.